The number of halogens is 3. The molecule has 0 fully saturated rings. The molecule has 3 aromatic rings. The second-order valence-corrected chi connectivity index (χ2v) is 10.2. The largest absolute Gasteiger partial charge is 0.496 e. The van der Waals surface area contributed by atoms with Crippen LogP contribution < -0.4 is 20.1 Å². The Labute approximate surface area is 242 Å². The summed E-state index contributed by atoms with van der Waals surface area (Å²) in [6.07, 6.45) is -2.44. The van der Waals surface area contributed by atoms with Gasteiger partial charge in [-0.15, -0.1) is 0 Å². The summed E-state index contributed by atoms with van der Waals surface area (Å²) in [4.78, 5) is 14.9. The molecule has 42 heavy (non-hydrogen) atoms. The van der Waals surface area contributed by atoms with Crippen LogP contribution in [0.4, 0.5) is 18.9 Å². The van der Waals surface area contributed by atoms with E-state index in [9.17, 15) is 23.2 Å². The SMILES string of the molecule is CCc1ccc(OCc2cc(C3C(C#N)=C(N)N(c4cccc(C(F)(F)F)c4)C4=C3C(=O)CCC4)ccc2OC)cc1. The van der Waals surface area contributed by atoms with Gasteiger partial charge in [-0.3, -0.25) is 9.69 Å². The van der Waals surface area contributed by atoms with E-state index in [2.05, 4.69) is 13.0 Å². The summed E-state index contributed by atoms with van der Waals surface area (Å²) in [7, 11) is 1.55. The highest BCUT2D eigenvalue weighted by Crippen LogP contribution is 2.47. The summed E-state index contributed by atoms with van der Waals surface area (Å²) in [5.74, 6) is 0.310. The average Bonchev–Trinajstić information content (AvgIpc) is 2.99. The van der Waals surface area contributed by atoms with E-state index in [1.807, 2.05) is 30.3 Å². The first kappa shape index (κ1) is 28.8. The van der Waals surface area contributed by atoms with E-state index in [1.165, 1.54) is 22.6 Å². The van der Waals surface area contributed by atoms with Crippen molar-refractivity contribution < 1.29 is 27.4 Å². The summed E-state index contributed by atoms with van der Waals surface area (Å²) in [5.41, 5.74) is 9.37. The Morgan fingerprint density at radius 2 is 1.83 bits per heavy atom. The van der Waals surface area contributed by atoms with Gasteiger partial charge in [0.2, 0.25) is 0 Å². The molecule has 0 radical (unpaired) electrons. The lowest BCUT2D eigenvalue weighted by atomic mass is 9.75. The predicted molar refractivity (Wildman–Crippen MR) is 153 cm³/mol. The highest BCUT2D eigenvalue weighted by molar-refractivity contribution is 6.01. The van der Waals surface area contributed by atoms with Crippen LogP contribution in [0.2, 0.25) is 0 Å². The van der Waals surface area contributed by atoms with Gasteiger partial charge in [0.1, 0.15) is 23.9 Å². The summed E-state index contributed by atoms with van der Waals surface area (Å²) in [5, 5.41) is 10.3. The lowest BCUT2D eigenvalue weighted by Gasteiger charge is -2.40. The normalized spacial score (nSPS) is 17.2. The number of Topliss-reactive ketones (excluding diaryl/α,β-unsaturated/α-hetero) is 1. The number of carbonyl (C=O) groups excluding carboxylic acids is 1. The molecule has 0 saturated heterocycles. The van der Waals surface area contributed by atoms with Crippen molar-refractivity contribution in [2.24, 2.45) is 5.73 Å². The minimum atomic E-state index is -4.57. The third kappa shape index (κ3) is 5.45. The Morgan fingerprint density at radius 3 is 2.50 bits per heavy atom. The van der Waals surface area contributed by atoms with Crippen LogP contribution in [-0.4, -0.2) is 12.9 Å². The molecule has 5 rings (SSSR count). The Morgan fingerprint density at radius 1 is 1.07 bits per heavy atom. The molecule has 0 bridgehead atoms. The van der Waals surface area contributed by atoms with Gasteiger partial charge in [-0.25, -0.2) is 0 Å². The van der Waals surface area contributed by atoms with E-state index in [0.717, 1.165) is 18.6 Å². The monoisotopic (exact) mass is 573 g/mol. The Hall–Kier alpha value is -4.71. The second kappa shape index (κ2) is 11.6. The number of nitrogens with zero attached hydrogens (tertiary/aromatic N) is 2. The molecular weight excluding hydrogens is 543 g/mol. The topological polar surface area (TPSA) is 88.6 Å². The molecule has 1 aliphatic carbocycles. The fourth-order valence-electron chi connectivity index (χ4n) is 5.61. The number of rotatable bonds is 7. The highest BCUT2D eigenvalue weighted by atomic mass is 19.4. The summed E-state index contributed by atoms with van der Waals surface area (Å²) >= 11 is 0. The number of ketones is 1. The maximum Gasteiger partial charge on any atom is 0.416 e. The zero-order chi connectivity index (χ0) is 30.0. The molecule has 0 spiro atoms. The smallest absolute Gasteiger partial charge is 0.416 e. The number of anilines is 1. The van der Waals surface area contributed by atoms with Crippen LogP contribution in [0.3, 0.4) is 0 Å². The second-order valence-electron chi connectivity index (χ2n) is 10.2. The molecule has 2 aliphatic rings. The van der Waals surface area contributed by atoms with Gasteiger partial charge in [0.15, 0.2) is 5.78 Å². The maximum atomic E-state index is 13.6. The number of ether oxygens (including phenoxy) is 2. The van der Waals surface area contributed by atoms with E-state index < -0.39 is 17.7 Å². The van der Waals surface area contributed by atoms with Crippen LogP contribution in [0.25, 0.3) is 0 Å². The number of benzene rings is 3. The standard InChI is InChI=1S/C33H30F3N3O3/c1-3-20-10-13-25(14-11-20)42-19-22-16-21(12-15-29(22)41-2)30-26(18-37)32(38)39(27-8-5-9-28(40)31(27)30)24-7-4-6-23(17-24)33(34,35)36/h4,6-7,10-17,30H,3,5,8-9,19,38H2,1-2H3. The zero-order valence-electron chi connectivity index (χ0n) is 23.3. The molecule has 1 heterocycles. The molecule has 6 nitrogen and oxygen atoms in total. The number of aryl methyl sites for hydroxylation is 1. The zero-order valence-corrected chi connectivity index (χ0v) is 23.3. The first-order chi connectivity index (χ1) is 20.2. The van der Waals surface area contributed by atoms with Gasteiger partial charge in [0.25, 0.3) is 0 Å². The lowest BCUT2D eigenvalue weighted by molar-refractivity contribution is -0.137. The van der Waals surface area contributed by atoms with Crippen LogP contribution in [0.1, 0.15) is 54.4 Å². The molecule has 9 heteroatoms. The van der Waals surface area contributed by atoms with E-state index >= 15 is 0 Å². The number of nitrogens with two attached hydrogens (primary N) is 1. The number of hydrogen-bond acceptors (Lipinski definition) is 6. The number of hydrogen-bond donors (Lipinski definition) is 1. The van der Waals surface area contributed by atoms with E-state index in [4.69, 9.17) is 15.2 Å². The minimum absolute atomic E-state index is 0.0000866. The molecule has 0 saturated carbocycles. The van der Waals surface area contributed by atoms with Crippen LogP contribution in [-0.2, 0) is 24.0 Å². The third-order valence-electron chi connectivity index (χ3n) is 7.71. The van der Waals surface area contributed by atoms with E-state index in [0.29, 0.717) is 46.7 Å². The fraction of sp³-hybridized carbons (Fsp3) is 0.273. The van der Waals surface area contributed by atoms with Gasteiger partial charge in [-0.1, -0.05) is 31.2 Å². The lowest BCUT2D eigenvalue weighted by Crippen LogP contribution is -2.38. The Balaban J connectivity index is 1.58. The summed E-state index contributed by atoms with van der Waals surface area (Å²) in [6.45, 7) is 2.25. The quantitative estimate of drug-likeness (QED) is 0.323. The predicted octanol–water partition coefficient (Wildman–Crippen LogP) is 7.16. The molecule has 216 valence electrons. The van der Waals surface area contributed by atoms with E-state index in [-0.39, 0.29) is 35.9 Å². The minimum Gasteiger partial charge on any atom is -0.496 e. The molecule has 1 unspecified atom stereocenters. The van der Waals surface area contributed by atoms with Gasteiger partial charge >= 0.3 is 6.18 Å². The van der Waals surface area contributed by atoms with Gasteiger partial charge in [0.05, 0.1) is 30.2 Å². The van der Waals surface area contributed by atoms with Crippen LogP contribution in [0.5, 0.6) is 11.5 Å². The number of allylic oxidation sites excluding steroid dienone is 3. The molecule has 2 N–H and O–H groups in total. The van der Waals surface area contributed by atoms with Crippen molar-refractivity contribution in [2.45, 2.75) is 51.3 Å². The molecule has 1 atom stereocenters. The number of carbonyl (C=O) groups is 1. The third-order valence-corrected chi connectivity index (χ3v) is 7.71. The van der Waals surface area contributed by atoms with E-state index in [1.54, 1.807) is 19.2 Å². The van der Waals surface area contributed by atoms with Crippen LogP contribution >= 0.6 is 0 Å². The maximum absolute atomic E-state index is 13.6. The van der Waals surface area contributed by atoms with Crippen molar-refractivity contribution in [2.75, 3.05) is 12.0 Å². The number of nitriles is 1. The summed E-state index contributed by atoms with van der Waals surface area (Å²) < 4.78 is 52.3. The fourth-order valence-corrected chi connectivity index (χ4v) is 5.61. The molecular formula is C33H30F3N3O3. The van der Waals surface area contributed by atoms with Crippen molar-refractivity contribution in [1.82, 2.24) is 0 Å². The van der Waals surface area contributed by atoms with Crippen molar-refractivity contribution in [3.8, 4) is 17.6 Å². The van der Waals surface area contributed by atoms with Gasteiger partial charge < -0.3 is 15.2 Å². The molecule has 3 aromatic carbocycles. The van der Waals surface area contributed by atoms with Crippen molar-refractivity contribution >= 4 is 11.5 Å². The first-order valence-corrected chi connectivity index (χ1v) is 13.7. The van der Waals surface area contributed by atoms with Crippen LogP contribution in [0, 0.1) is 11.3 Å². The number of methoxy groups -OCH3 is 1. The van der Waals surface area contributed by atoms with Crippen LogP contribution in [0.15, 0.2) is 89.4 Å². The number of alkyl halides is 3. The Kier molecular flexibility index (Phi) is 7.99. The molecule has 1 aliphatic heterocycles. The van der Waals surface area contributed by atoms with Crippen molar-refractivity contribution in [3.05, 3.63) is 112 Å². The van der Waals surface area contributed by atoms with Gasteiger partial charge in [-0.2, -0.15) is 18.4 Å². The van der Waals surface area contributed by atoms with Gasteiger partial charge in [-0.05, 0) is 72.9 Å². The summed E-state index contributed by atoms with van der Waals surface area (Å²) in [6, 6.07) is 20.1. The molecule has 0 aromatic heterocycles. The van der Waals surface area contributed by atoms with Crippen molar-refractivity contribution in [1.29, 1.82) is 5.26 Å². The Bertz CT molecular complexity index is 1620. The van der Waals surface area contributed by atoms with Crippen molar-refractivity contribution in [3.63, 3.8) is 0 Å². The average molecular weight is 574 g/mol. The van der Waals surface area contributed by atoms with Gasteiger partial charge in [0, 0.05) is 28.9 Å². The first-order valence-electron chi connectivity index (χ1n) is 13.7. The highest BCUT2D eigenvalue weighted by Gasteiger charge is 2.41. The molecule has 0 amide bonds.